The number of pyridine rings is 1. The monoisotopic (exact) mass is 808 g/mol. The Morgan fingerprint density at radius 3 is 1.63 bits per heavy atom. The van der Waals surface area contributed by atoms with Gasteiger partial charge in [0, 0.05) is 58.9 Å². The average Bonchev–Trinajstić information content (AvgIpc) is 3.95. The molecule has 62 heavy (non-hydrogen) atoms. The molecule has 0 amide bonds. The fraction of sp³-hybridized carbons (Fsp3) is 0. The molecule has 0 fully saturated rings. The van der Waals surface area contributed by atoms with Gasteiger partial charge in [0.05, 0.1) is 22.6 Å². The van der Waals surface area contributed by atoms with Gasteiger partial charge in [-0.15, -0.1) is 11.3 Å². The van der Waals surface area contributed by atoms with Crippen LogP contribution in [0.5, 0.6) is 0 Å². The van der Waals surface area contributed by atoms with E-state index in [4.69, 9.17) is 15.1 Å². The van der Waals surface area contributed by atoms with Crippen molar-refractivity contribution in [2.24, 2.45) is 0 Å². The van der Waals surface area contributed by atoms with E-state index in [1.54, 1.807) is 0 Å². The van der Waals surface area contributed by atoms with Crippen molar-refractivity contribution >= 4 is 47.8 Å². The number of hydrogen-bond acceptors (Lipinski definition) is 4. The van der Waals surface area contributed by atoms with Gasteiger partial charge in [0.15, 0.2) is 5.82 Å². The molecule has 0 radical (unpaired) electrons. The largest absolute Gasteiger partial charge is 0.231 e. The second kappa shape index (κ2) is 14.9. The van der Waals surface area contributed by atoms with Gasteiger partial charge in [-0.2, -0.15) is 5.10 Å². The van der Waals surface area contributed by atoms with Crippen molar-refractivity contribution in [1.82, 2.24) is 19.6 Å². The molecular weight excluding hydrogens is 773 g/mol. The minimum atomic E-state index is 0.691. The minimum absolute atomic E-state index is 0.691. The maximum Gasteiger partial charge on any atom is 0.160 e. The molecule has 8 aromatic carbocycles. The second-order valence-electron chi connectivity index (χ2n) is 15.6. The van der Waals surface area contributed by atoms with Crippen LogP contribution in [-0.4, -0.2) is 19.6 Å². The molecule has 0 aliphatic heterocycles. The normalized spacial score (nSPS) is 11.5. The lowest BCUT2D eigenvalue weighted by Crippen LogP contribution is -1.97. The third-order valence-corrected chi connectivity index (χ3v) is 13.1. The number of thiophene rings is 1. The molecule has 4 heterocycles. The topological polar surface area (TPSA) is 43.1 Å². The zero-order chi connectivity index (χ0) is 41.0. The van der Waals surface area contributed by atoms with Gasteiger partial charge >= 0.3 is 0 Å². The molecule has 4 nitrogen and oxygen atoms in total. The average molecular weight is 809 g/mol. The first-order chi connectivity index (χ1) is 30.7. The van der Waals surface area contributed by atoms with Gasteiger partial charge in [0.25, 0.3) is 0 Å². The highest BCUT2D eigenvalue weighted by molar-refractivity contribution is 7.26. The first-order valence-corrected chi connectivity index (χ1v) is 21.7. The molecule has 12 aromatic rings. The molecule has 4 aromatic heterocycles. The lowest BCUT2D eigenvalue weighted by Gasteiger charge is -2.12. The predicted octanol–water partition coefficient (Wildman–Crippen LogP) is 15.3. The Hall–Kier alpha value is -7.99. The fourth-order valence-corrected chi connectivity index (χ4v) is 10.1. The van der Waals surface area contributed by atoms with Crippen molar-refractivity contribution in [1.29, 1.82) is 0 Å². The van der Waals surface area contributed by atoms with E-state index in [-0.39, 0.29) is 0 Å². The molecule has 0 unspecified atom stereocenters. The van der Waals surface area contributed by atoms with Crippen LogP contribution in [0, 0.1) is 0 Å². The second-order valence-corrected chi connectivity index (χ2v) is 16.6. The lowest BCUT2D eigenvalue weighted by atomic mass is 9.97. The quantitative estimate of drug-likeness (QED) is 0.161. The Balaban J connectivity index is 0.966. The summed E-state index contributed by atoms with van der Waals surface area (Å²) < 4.78 is 4.76. The molecule has 5 heteroatoms. The predicted molar refractivity (Wildman–Crippen MR) is 259 cm³/mol. The van der Waals surface area contributed by atoms with E-state index < -0.39 is 0 Å². The van der Waals surface area contributed by atoms with Crippen LogP contribution in [0.25, 0.3) is 115 Å². The van der Waals surface area contributed by atoms with Crippen molar-refractivity contribution in [3.63, 3.8) is 0 Å². The standard InChI is InChI=1S/C57H36N4S/c1-4-15-41(16-5-1)53-54(42-17-6-2-7-18-42)60-61-51(35-44-21-10-11-22-45(44)55(53)61)40-33-31-39(32-34-40)50-36-49(58-57(59-50)43-19-8-3-9-20-43)38-29-27-37(28-30-38)46-24-14-25-48-47-23-12-13-26-52(47)62-56(46)48/h1-36H. The molecule has 0 aliphatic rings. The van der Waals surface area contributed by atoms with Crippen molar-refractivity contribution in [2.45, 2.75) is 0 Å². The number of hydrogen-bond donors (Lipinski definition) is 0. The van der Waals surface area contributed by atoms with Gasteiger partial charge in [-0.1, -0.05) is 200 Å². The summed E-state index contributed by atoms with van der Waals surface area (Å²) in [5.74, 6) is 0.691. The first kappa shape index (κ1) is 35.9. The third kappa shape index (κ3) is 6.18. The van der Waals surface area contributed by atoms with Crippen LogP contribution < -0.4 is 0 Å². The van der Waals surface area contributed by atoms with E-state index in [1.807, 2.05) is 29.5 Å². The van der Waals surface area contributed by atoms with Crippen LogP contribution >= 0.6 is 11.3 Å². The van der Waals surface area contributed by atoms with Crippen molar-refractivity contribution in [3.05, 3.63) is 218 Å². The van der Waals surface area contributed by atoms with Crippen LogP contribution in [0.4, 0.5) is 0 Å². The van der Waals surface area contributed by atoms with Crippen LogP contribution in [0.3, 0.4) is 0 Å². The highest BCUT2D eigenvalue weighted by Gasteiger charge is 2.22. The van der Waals surface area contributed by atoms with Crippen molar-refractivity contribution in [2.75, 3.05) is 0 Å². The molecule has 290 valence electrons. The van der Waals surface area contributed by atoms with Crippen LogP contribution in [0.15, 0.2) is 218 Å². The highest BCUT2D eigenvalue weighted by atomic mass is 32.1. The molecule has 12 rings (SSSR count). The van der Waals surface area contributed by atoms with Gasteiger partial charge in [-0.3, -0.25) is 0 Å². The lowest BCUT2D eigenvalue weighted by molar-refractivity contribution is 0.979. The summed E-state index contributed by atoms with van der Waals surface area (Å²) >= 11 is 1.86. The van der Waals surface area contributed by atoms with E-state index in [0.29, 0.717) is 5.82 Å². The van der Waals surface area contributed by atoms with Gasteiger partial charge in [0.2, 0.25) is 0 Å². The molecule has 0 saturated carbocycles. The maximum absolute atomic E-state index is 5.40. The molecule has 0 aliphatic carbocycles. The summed E-state index contributed by atoms with van der Waals surface area (Å²) in [5, 5.41) is 10.3. The number of fused-ring (bicyclic) bond motifs is 6. The summed E-state index contributed by atoms with van der Waals surface area (Å²) in [6.45, 7) is 0. The smallest absolute Gasteiger partial charge is 0.160 e. The van der Waals surface area contributed by atoms with E-state index in [9.17, 15) is 0 Å². The Labute approximate surface area is 362 Å². The molecule has 0 spiro atoms. The van der Waals surface area contributed by atoms with Crippen LogP contribution in [0.2, 0.25) is 0 Å². The van der Waals surface area contributed by atoms with E-state index in [1.165, 1.54) is 31.3 Å². The van der Waals surface area contributed by atoms with Crippen LogP contribution in [0.1, 0.15) is 0 Å². The molecule has 0 N–H and O–H groups in total. The molecule has 0 saturated heterocycles. The number of benzene rings is 8. The minimum Gasteiger partial charge on any atom is -0.231 e. The SMILES string of the molecule is c1ccc(-c2nc(-c3ccc(-c4cccc5c4sc4ccccc45)cc3)cc(-c3ccc(-c4cc5ccccc5c5c(-c6ccccc6)c(-c6ccccc6)nn45)cc3)n2)cc1. The maximum atomic E-state index is 5.40. The van der Waals surface area contributed by atoms with Crippen molar-refractivity contribution < 1.29 is 0 Å². The zero-order valence-electron chi connectivity index (χ0n) is 33.5. The Kier molecular flexibility index (Phi) is 8.65. The number of aromatic nitrogens is 4. The fourth-order valence-electron chi connectivity index (χ4n) is 8.84. The number of nitrogens with zero attached hydrogens (tertiary/aromatic N) is 4. The summed E-state index contributed by atoms with van der Waals surface area (Å²) in [7, 11) is 0. The molecule has 0 atom stereocenters. The third-order valence-electron chi connectivity index (χ3n) is 11.9. The van der Waals surface area contributed by atoms with Crippen LogP contribution in [-0.2, 0) is 0 Å². The van der Waals surface area contributed by atoms with Gasteiger partial charge in [0.1, 0.15) is 5.69 Å². The highest BCUT2D eigenvalue weighted by Crippen LogP contribution is 2.42. The summed E-state index contributed by atoms with van der Waals surface area (Å²) in [5.41, 5.74) is 14.7. The van der Waals surface area contributed by atoms with Crippen molar-refractivity contribution in [3.8, 4) is 78.7 Å². The summed E-state index contributed by atoms with van der Waals surface area (Å²) in [6, 6.07) is 77.2. The van der Waals surface area contributed by atoms with E-state index in [2.05, 4.69) is 205 Å². The molecule has 0 bridgehead atoms. The van der Waals surface area contributed by atoms with E-state index >= 15 is 0 Å². The van der Waals surface area contributed by atoms with Gasteiger partial charge in [-0.25, -0.2) is 14.5 Å². The molecular formula is C57H36N4S. The number of rotatable bonds is 7. The summed E-state index contributed by atoms with van der Waals surface area (Å²) in [4.78, 5) is 10.3. The Morgan fingerprint density at radius 2 is 0.935 bits per heavy atom. The van der Waals surface area contributed by atoms with E-state index in [0.717, 1.165) is 78.0 Å². The van der Waals surface area contributed by atoms with Gasteiger partial charge in [-0.05, 0) is 40.3 Å². The zero-order valence-corrected chi connectivity index (χ0v) is 34.3. The first-order valence-electron chi connectivity index (χ1n) is 20.9. The summed E-state index contributed by atoms with van der Waals surface area (Å²) in [6.07, 6.45) is 0. The van der Waals surface area contributed by atoms with Gasteiger partial charge < -0.3 is 0 Å². The Morgan fingerprint density at radius 1 is 0.387 bits per heavy atom. The Bertz CT molecular complexity index is 3590.